The number of ether oxygens (including phenoxy) is 1. The zero-order chi connectivity index (χ0) is 28.6. The molecule has 4 atom stereocenters. The highest BCUT2D eigenvalue weighted by Gasteiger charge is 2.69. The van der Waals surface area contributed by atoms with Crippen molar-refractivity contribution in [1.82, 2.24) is 9.55 Å². The van der Waals surface area contributed by atoms with E-state index in [0.29, 0.717) is 5.56 Å². The second-order valence-corrected chi connectivity index (χ2v) is 23.9. The van der Waals surface area contributed by atoms with Crippen LogP contribution in [0, 0.1) is 6.92 Å². The van der Waals surface area contributed by atoms with Gasteiger partial charge in [0.15, 0.2) is 29.2 Å². The number of nitrogen functional groups attached to an aromatic ring is 1. The minimum Gasteiger partial charge on any atom is -0.406 e. The fourth-order valence-electron chi connectivity index (χ4n) is 3.72. The van der Waals surface area contributed by atoms with Crippen LogP contribution in [0.1, 0.15) is 53.3 Å². The lowest BCUT2D eigenvalue weighted by Gasteiger charge is -2.44. The Hall–Kier alpha value is -1.56. The summed E-state index contributed by atoms with van der Waals surface area (Å²) in [5.41, 5.74) is 10.2. The molecule has 3 heterocycles. The average Bonchev–Trinajstić information content (AvgIpc) is 3.09. The van der Waals surface area contributed by atoms with Crippen LogP contribution in [-0.2, 0) is 27.9 Å². The molecule has 1 unspecified atom stereocenters. The van der Waals surface area contributed by atoms with Crippen LogP contribution < -0.4 is 17.2 Å². The molecule has 3 rings (SSSR count). The number of rotatable bonds is 5. The number of anilines is 1. The molecule has 210 valence electrons. The predicted octanol–water partition coefficient (Wildman–Crippen LogP) is 3.30. The molecule has 1 spiro atoms. The molecule has 0 radical (unpaired) electrons. The maximum absolute atomic E-state index is 13.1. The van der Waals surface area contributed by atoms with E-state index >= 15 is 0 Å². The molecule has 4 N–H and O–H groups in total. The summed E-state index contributed by atoms with van der Waals surface area (Å²) < 4.78 is 52.5. The molecule has 2 aliphatic rings. The molecule has 0 amide bonds. The van der Waals surface area contributed by atoms with Gasteiger partial charge in [0.05, 0.1) is 11.1 Å². The molecule has 1 aromatic heterocycles. The van der Waals surface area contributed by atoms with Crippen molar-refractivity contribution in [3.8, 4) is 0 Å². The van der Waals surface area contributed by atoms with Crippen molar-refractivity contribution in [1.29, 1.82) is 0 Å². The molecule has 2 aliphatic heterocycles. The molecule has 1 aromatic rings. The summed E-state index contributed by atoms with van der Waals surface area (Å²) in [6.07, 6.45) is -2.04. The maximum Gasteiger partial charge on any atom is 0.351 e. The zero-order valence-electron chi connectivity index (χ0n) is 23.7. The van der Waals surface area contributed by atoms with Gasteiger partial charge in [0.1, 0.15) is 11.9 Å². The Morgan fingerprint density at radius 1 is 1.03 bits per heavy atom. The summed E-state index contributed by atoms with van der Waals surface area (Å²) in [6.45, 7) is 22.0. The van der Waals surface area contributed by atoms with Crippen molar-refractivity contribution < 1.29 is 26.2 Å². The number of aryl methyl sites for hydroxylation is 1. The zero-order valence-corrected chi connectivity index (χ0v) is 26.5. The molecule has 1 fully saturated rings. The summed E-state index contributed by atoms with van der Waals surface area (Å²) in [5.74, 6) is 0.0870. The van der Waals surface area contributed by atoms with E-state index in [-0.39, 0.29) is 21.6 Å². The number of nitrogens with zero attached hydrogens (tertiary/aromatic N) is 2. The highest BCUT2D eigenvalue weighted by Crippen LogP contribution is 2.53. The maximum atomic E-state index is 13.1. The fraction of sp³-hybridized carbons (Fsp3) is 0.739. The third-order valence-corrected chi connectivity index (χ3v) is 18.1. The Labute approximate surface area is 221 Å². The molecule has 0 aromatic carbocycles. The van der Waals surface area contributed by atoms with Crippen molar-refractivity contribution in [3.63, 3.8) is 0 Å². The molecule has 37 heavy (non-hydrogen) atoms. The van der Waals surface area contributed by atoms with Crippen LogP contribution in [0.15, 0.2) is 22.1 Å². The first kappa shape index (κ1) is 30.0. The second kappa shape index (κ2) is 9.00. The third kappa shape index (κ3) is 5.21. The van der Waals surface area contributed by atoms with Gasteiger partial charge in [-0.2, -0.15) is 13.4 Å². The standard InChI is InChI=1S/C23H42N4O7SSi2/c1-14-12-27(20(28)26-17(14)25)18-16(32-36(8,9)21(2,3)4)23(15(24)13-35(29,30)34-23)19(31-18)33-37(10,11)22(5,6)7/h12-13,16,18-19H,24H2,1-11H3,(H2,25,26,28)/t16-,18+,19+,23?/m0/s1. The summed E-state index contributed by atoms with van der Waals surface area (Å²) in [7, 11) is -9.39. The fourth-order valence-corrected chi connectivity index (χ4v) is 7.31. The lowest BCUT2D eigenvalue weighted by molar-refractivity contribution is -0.147. The van der Waals surface area contributed by atoms with E-state index in [2.05, 4.69) is 4.98 Å². The van der Waals surface area contributed by atoms with E-state index in [0.717, 1.165) is 5.41 Å². The monoisotopic (exact) mass is 574 g/mol. The quantitative estimate of drug-likeness (QED) is 0.395. The van der Waals surface area contributed by atoms with Crippen LogP contribution in [0.3, 0.4) is 0 Å². The van der Waals surface area contributed by atoms with E-state index < -0.39 is 56.7 Å². The number of hydrogen-bond acceptors (Lipinski definition) is 10. The van der Waals surface area contributed by atoms with E-state index in [1.807, 2.05) is 67.7 Å². The van der Waals surface area contributed by atoms with Crippen LogP contribution >= 0.6 is 0 Å². The molecular weight excluding hydrogens is 533 g/mol. The van der Waals surface area contributed by atoms with Crippen LogP contribution in [0.5, 0.6) is 0 Å². The van der Waals surface area contributed by atoms with E-state index in [1.54, 1.807) is 6.92 Å². The Morgan fingerprint density at radius 3 is 2.00 bits per heavy atom. The van der Waals surface area contributed by atoms with E-state index in [9.17, 15) is 13.2 Å². The van der Waals surface area contributed by atoms with Crippen LogP contribution in [0.2, 0.25) is 36.3 Å². The minimum absolute atomic E-state index is 0.0870. The highest BCUT2D eigenvalue weighted by atomic mass is 32.2. The normalized spacial score (nSPS) is 28.6. The molecule has 14 heteroatoms. The minimum atomic E-state index is -4.19. The molecule has 1 saturated heterocycles. The lowest BCUT2D eigenvalue weighted by Crippen LogP contribution is -2.60. The first-order valence-electron chi connectivity index (χ1n) is 12.2. The van der Waals surface area contributed by atoms with Gasteiger partial charge >= 0.3 is 5.69 Å². The van der Waals surface area contributed by atoms with Gasteiger partial charge in [0.2, 0.25) is 5.60 Å². The Morgan fingerprint density at radius 2 is 1.54 bits per heavy atom. The van der Waals surface area contributed by atoms with Gasteiger partial charge in [-0.25, -0.2) is 8.98 Å². The van der Waals surface area contributed by atoms with Gasteiger partial charge < -0.3 is 25.1 Å². The summed E-state index contributed by atoms with van der Waals surface area (Å²) in [5, 5.41) is 0.350. The van der Waals surface area contributed by atoms with Gasteiger partial charge in [-0.05, 0) is 43.2 Å². The molecule has 0 aliphatic carbocycles. The smallest absolute Gasteiger partial charge is 0.351 e. The van der Waals surface area contributed by atoms with Crippen molar-refractivity contribution in [2.75, 3.05) is 5.73 Å². The topological polar surface area (TPSA) is 158 Å². The third-order valence-electron chi connectivity index (χ3n) is 8.15. The largest absolute Gasteiger partial charge is 0.406 e. The first-order valence-corrected chi connectivity index (χ1v) is 19.5. The SMILES string of the molecule is Cc1cn([C@@H]2O[C@H](O[Si](C)(C)C(C)(C)C)C3(OS(=O)(=O)C=C3N)[C@H]2O[Si](C)(C)C(C)(C)C)c(=O)nc1N. The van der Waals surface area contributed by atoms with Crippen molar-refractivity contribution in [2.45, 2.75) is 109 Å². The Kier molecular flexibility index (Phi) is 7.29. The Bertz CT molecular complexity index is 1270. The van der Waals surface area contributed by atoms with Gasteiger partial charge in [-0.1, -0.05) is 41.5 Å². The van der Waals surface area contributed by atoms with Crippen molar-refractivity contribution in [3.05, 3.63) is 33.3 Å². The summed E-state index contributed by atoms with van der Waals surface area (Å²) in [6, 6.07) is 0. The second-order valence-electron chi connectivity index (χ2n) is 13.0. The number of aromatic nitrogens is 2. The van der Waals surface area contributed by atoms with E-state index in [1.165, 1.54) is 10.8 Å². The van der Waals surface area contributed by atoms with Crippen LogP contribution in [0.25, 0.3) is 0 Å². The van der Waals surface area contributed by atoms with Gasteiger partial charge in [0, 0.05) is 11.8 Å². The van der Waals surface area contributed by atoms with Crippen LogP contribution in [0.4, 0.5) is 5.82 Å². The van der Waals surface area contributed by atoms with E-state index in [4.69, 9.17) is 29.2 Å². The van der Waals surface area contributed by atoms with Crippen molar-refractivity contribution >= 4 is 32.6 Å². The molecule has 0 bridgehead atoms. The highest BCUT2D eigenvalue weighted by molar-refractivity contribution is 7.90. The van der Waals surface area contributed by atoms with Crippen molar-refractivity contribution in [2.24, 2.45) is 5.73 Å². The summed E-state index contributed by atoms with van der Waals surface area (Å²) in [4.78, 5) is 17.0. The predicted molar refractivity (Wildman–Crippen MR) is 147 cm³/mol. The average molecular weight is 575 g/mol. The summed E-state index contributed by atoms with van der Waals surface area (Å²) >= 11 is 0. The Balaban J connectivity index is 2.30. The molecular formula is C23H42N4O7SSi2. The van der Waals surface area contributed by atoms with Gasteiger partial charge in [-0.3, -0.25) is 4.57 Å². The lowest BCUT2D eigenvalue weighted by atomic mass is 9.94. The first-order chi connectivity index (χ1) is 16.5. The number of nitrogens with two attached hydrogens (primary N) is 2. The van der Waals surface area contributed by atoms with Crippen LogP contribution in [-0.4, -0.2) is 52.6 Å². The van der Waals surface area contributed by atoms with Gasteiger partial charge in [-0.15, -0.1) is 0 Å². The molecule has 0 saturated carbocycles. The molecule has 11 nitrogen and oxygen atoms in total. The van der Waals surface area contributed by atoms with Gasteiger partial charge in [0.25, 0.3) is 10.1 Å². The number of hydrogen-bond donors (Lipinski definition) is 2.